The van der Waals surface area contributed by atoms with Crippen LogP contribution in [0.1, 0.15) is 26.5 Å². The van der Waals surface area contributed by atoms with Crippen LogP contribution >= 0.6 is 22.9 Å². The maximum absolute atomic E-state index is 13.1. The Morgan fingerprint density at radius 1 is 1.15 bits per heavy atom. The molecule has 0 aliphatic heterocycles. The van der Waals surface area contributed by atoms with Gasteiger partial charge in [0.2, 0.25) is 0 Å². The van der Waals surface area contributed by atoms with Gasteiger partial charge in [0.1, 0.15) is 11.7 Å². The smallest absolute Gasteiger partial charge is 0.363 e. The van der Waals surface area contributed by atoms with Crippen molar-refractivity contribution < 1.29 is 26.3 Å². The van der Waals surface area contributed by atoms with E-state index >= 15 is 0 Å². The molecule has 178 valence electrons. The maximum atomic E-state index is 13.1. The summed E-state index contributed by atoms with van der Waals surface area (Å²) in [5.41, 5.74) is -3.16. The molecule has 0 N–H and O–H groups in total. The molecule has 3 rings (SSSR count). The minimum atomic E-state index is -5.67. The molecular weight excluding hydrogens is 499 g/mol. The van der Waals surface area contributed by atoms with Gasteiger partial charge in [-0.3, -0.25) is 4.98 Å². The van der Waals surface area contributed by atoms with Crippen LogP contribution in [0.2, 0.25) is 5.02 Å². The van der Waals surface area contributed by atoms with Gasteiger partial charge in [-0.15, -0.1) is 11.3 Å². The van der Waals surface area contributed by atoms with E-state index in [0.29, 0.717) is 11.3 Å². The zero-order chi connectivity index (χ0) is 24.6. The largest absolute Gasteiger partial charge is 0.516 e. The molecule has 0 saturated carbocycles. The normalized spacial score (nSPS) is 12.7. The van der Waals surface area contributed by atoms with Crippen molar-refractivity contribution in [3.05, 3.63) is 52.6 Å². The third kappa shape index (κ3) is 5.32. The number of halogens is 4. The first-order valence-electron chi connectivity index (χ1n) is 9.56. The number of anilines is 1. The molecule has 0 atom stereocenters. The van der Waals surface area contributed by atoms with Crippen LogP contribution < -0.4 is 4.31 Å². The average Bonchev–Trinajstić information content (AvgIpc) is 3.20. The summed E-state index contributed by atoms with van der Waals surface area (Å²) >= 11 is 7.70. The van der Waals surface area contributed by atoms with Crippen LogP contribution in [0.5, 0.6) is 0 Å². The lowest BCUT2D eigenvalue weighted by Crippen LogP contribution is -2.41. The van der Waals surface area contributed by atoms with Crippen molar-refractivity contribution in [1.29, 1.82) is 0 Å². The fourth-order valence-electron chi connectivity index (χ4n) is 2.90. The number of methoxy groups -OCH3 is 1. The molecule has 3 aromatic rings. The molecule has 0 spiro atoms. The van der Waals surface area contributed by atoms with Crippen molar-refractivity contribution >= 4 is 38.6 Å². The summed E-state index contributed by atoms with van der Waals surface area (Å²) in [6, 6.07) is 7.60. The Bertz CT molecular complexity index is 1260. The van der Waals surface area contributed by atoms with Crippen molar-refractivity contribution in [2.45, 2.75) is 31.7 Å². The lowest BCUT2D eigenvalue weighted by molar-refractivity contribution is -0.0443. The van der Waals surface area contributed by atoms with Gasteiger partial charge in [0.25, 0.3) is 0 Å². The van der Waals surface area contributed by atoms with Crippen LogP contribution in [0.3, 0.4) is 0 Å². The summed E-state index contributed by atoms with van der Waals surface area (Å²) in [4.78, 5) is 9.01. The van der Waals surface area contributed by atoms with Gasteiger partial charge in [-0.05, 0) is 30.3 Å². The molecular formula is C21H21ClF3N3O3S2. The maximum Gasteiger partial charge on any atom is 0.516 e. The summed E-state index contributed by atoms with van der Waals surface area (Å²) in [6.07, 6.45) is 1.71. The second-order valence-corrected chi connectivity index (χ2v) is 11.2. The minimum Gasteiger partial charge on any atom is -0.363 e. The summed E-state index contributed by atoms with van der Waals surface area (Å²) in [5, 5.41) is 2.54. The van der Waals surface area contributed by atoms with Crippen molar-refractivity contribution in [1.82, 2.24) is 9.97 Å². The molecule has 2 heterocycles. The first kappa shape index (κ1) is 25.4. The number of sulfonamides is 1. The minimum absolute atomic E-state index is 0.0490. The van der Waals surface area contributed by atoms with Crippen LogP contribution in [-0.2, 0) is 20.2 Å². The van der Waals surface area contributed by atoms with Crippen molar-refractivity contribution in [2.75, 3.05) is 18.1 Å². The molecule has 33 heavy (non-hydrogen) atoms. The van der Waals surface area contributed by atoms with E-state index < -0.39 is 22.3 Å². The monoisotopic (exact) mass is 519 g/mol. The molecule has 0 amide bonds. The third-order valence-electron chi connectivity index (χ3n) is 4.63. The van der Waals surface area contributed by atoms with Crippen LogP contribution in [-0.4, -0.2) is 37.7 Å². The lowest BCUT2D eigenvalue weighted by atomic mass is 9.91. The highest BCUT2D eigenvalue weighted by Gasteiger charge is 2.50. The summed E-state index contributed by atoms with van der Waals surface area (Å²) in [5.74, 6) is 0. The number of pyridine rings is 1. The van der Waals surface area contributed by atoms with E-state index in [2.05, 4.69) is 35.5 Å². The first-order chi connectivity index (χ1) is 15.3. The Labute approximate surface area is 199 Å². The molecule has 0 aliphatic rings. The quantitative estimate of drug-likeness (QED) is 0.369. The summed E-state index contributed by atoms with van der Waals surface area (Å²) in [7, 11) is -4.57. The van der Waals surface area contributed by atoms with Gasteiger partial charge in [-0.2, -0.15) is 21.6 Å². The highest BCUT2D eigenvalue weighted by molar-refractivity contribution is 7.93. The standard InChI is InChI=1S/C21H21ClF3N3O3S2/c1-20(2,3)18-9-13(7-8-26-18)19-27-17(11-32-19)15-6-5-14(10-16(15)22)28(12-31-4)33(29,30)21(23,24)25/h5-11H,12H2,1-4H3. The van der Waals surface area contributed by atoms with Gasteiger partial charge in [0.05, 0.1) is 16.4 Å². The number of alkyl halides is 3. The number of hydrogen-bond donors (Lipinski definition) is 0. The lowest BCUT2D eigenvalue weighted by Gasteiger charge is -2.24. The van der Waals surface area contributed by atoms with E-state index in [1.165, 1.54) is 23.5 Å². The van der Waals surface area contributed by atoms with Gasteiger partial charge >= 0.3 is 15.5 Å². The molecule has 0 aliphatic carbocycles. The molecule has 0 saturated heterocycles. The van der Waals surface area contributed by atoms with Gasteiger partial charge in [0, 0.05) is 40.9 Å². The zero-order valence-electron chi connectivity index (χ0n) is 18.1. The van der Waals surface area contributed by atoms with E-state index in [9.17, 15) is 21.6 Å². The fourth-order valence-corrected chi connectivity index (χ4v) is 4.87. The molecule has 0 bridgehead atoms. The fraction of sp³-hybridized carbons (Fsp3) is 0.333. The van der Waals surface area contributed by atoms with E-state index in [0.717, 1.165) is 29.4 Å². The van der Waals surface area contributed by atoms with Crippen molar-refractivity contribution in [2.24, 2.45) is 0 Å². The Morgan fingerprint density at radius 3 is 2.42 bits per heavy atom. The number of benzene rings is 1. The average molecular weight is 520 g/mol. The number of rotatable bonds is 6. The van der Waals surface area contributed by atoms with Crippen LogP contribution in [0.4, 0.5) is 18.9 Å². The van der Waals surface area contributed by atoms with Crippen LogP contribution in [0.25, 0.3) is 21.8 Å². The van der Waals surface area contributed by atoms with E-state index in [-0.39, 0.29) is 20.4 Å². The van der Waals surface area contributed by atoms with Crippen molar-refractivity contribution in [3.8, 4) is 21.8 Å². The first-order valence-corrected chi connectivity index (χ1v) is 12.3. The van der Waals surface area contributed by atoms with Crippen LogP contribution in [0.15, 0.2) is 41.9 Å². The van der Waals surface area contributed by atoms with Crippen molar-refractivity contribution in [3.63, 3.8) is 0 Å². The van der Waals surface area contributed by atoms with Gasteiger partial charge in [-0.1, -0.05) is 32.4 Å². The van der Waals surface area contributed by atoms with Gasteiger partial charge in [0.15, 0.2) is 0 Å². The molecule has 6 nitrogen and oxygen atoms in total. The van der Waals surface area contributed by atoms with E-state index in [1.807, 2.05) is 12.1 Å². The molecule has 1 aromatic carbocycles. The van der Waals surface area contributed by atoms with E-state index in [1.54, 1.807) is 11.6 Å². The topological polar surface area (TPSA) is 72.4 Å². The second kappa shape index (κ2) is 9.21. The second-order valence-electron chi connectivity index (χ2n) is 8.10. The number of thiazole rings is 1. The Balaban J connectivity index is 1.97. The molecule has 0 radical (unpaired) electrons. The molecule has 0 unspecified atom stereocenters. The number of ether oxygens (including phenoxy) is 1. The van der Waals surface area contributed by atoms with Crippen LogP contribution in [0, 0.1) is 0 Å². The highest BCUT2D eigenvalue weighted by Crippen LogP contribution is 2.37. The molecule has 0 fully saturated rings. The number of nitrogens with zero attached hydrogens (tertiary/aromatic N) is 3. The zero-order valence-corrected chi connectivity index (χ0v) is 20.5. The van der Waals surface area contributed by atoms with Gasteiger partial charge < -0.3 is 4.74 Å². The van der Waals surface area contributed by atoms with Gasteiger partial charge in [-0.25, -0.2) is 9.29 Å². The summed E-state index contributed by atoms with van der Waals surface area (Å²) < 4.78 is 67.9. The Morgan fingerprint density at radius 2 is 1.85 bits per heavy atom. The van der Waals surface area contributed by atoms with E-state index in [4.69, 9.17) is 11.6 Å². The number of aromatic nitrogens is 2. The number of hydrogen-bond acceptors (Lipinski definition) is 6. The Hall–Kier alpha value is -2.21. The summed E-state index contributed by atoms with van der Waals surface area (Å²) in [6.45, 7) is 5.34. The predicted octanol–water partition coefficient (Wildman–Crippen LogP) is 6.08. The Kier molecular flexibility index (Phi) is 7.09. The highest BCUT2D eigenvalue weighted by atomic mass is 35.5. The SMILES string of the molecule is COCN(c1ccc(-c2csc(-c3ccnc(C(C)(C)C)c3)n2)c(Cl)c1)S(=O)(=O)C(F)(F)F. The molecule has 2 aromatic heterocycles. The third-order valence-corrected chi connectivity index (χ3v) is 7.31. The predicted molar refractivity (Wildman–Crippen MR) is 124 cm³/mol. The molecule has 12 heteroatoms.